The van der Waals surface area contributed by atoms with Crippen molar-refractivity contribution < 1.29 is 4.79 Å². The molecule has 1 aromatic rings. The minimum atomic E-state index is -0.694. The molecule has 0 amide bonds. The molecule has 0 aliphatic carbocycles. The number of rotatable bonds is 1. The van der Waals surface area contributed by atoms with Crippen molar-refractivity contribution in [1.29, 1.82) is 0 Å². The Labute approximate surface area is 127 Å². The van der Waals surface area contributed by atoms with Crippen molar-refractivity contribution in [2.75, 3.05) is 39.3 Å². The van der Waals surface area contributed by atoms with Crippen molar-refractivity contribution in [2.24, 2.45) is 5.73 Å². The van der Waals surface area contributed by atoms with Crippen molar-refractivity contribution in [1.82, 2.24) is 9.80 Å². The molecule has 5 heteroatoms. The van der Waals surface area contributed by atoms with Gasteiger partial charge >= 0.3 is 0 Å². The van der Waals surface area contributed by atoms with Crippen LogP contribution >= 0.6 is 15.9 Å². The van der Waals surface area contributed by atoms with Crippen LogP contribution in [0.4, 0.5) is 0 Å². The van der Waals surface area contributed by atoms with E-state index in [2.05, 4.69) is 37.9 Å². The molecule has 4 saturated heterocycles. The number of fused-ring (bicyclic) bond motifs is 1. The molecule has 2 atom stereocenters. The molecule has 2 unspecified atom stereocenters. The van der Waals surface area contributed by atoms with Gasteiger partial charge in [0.15, 0.2) is 5.78 Å². The Kier molecular flexibility index (Phi) is 2.68. The lowest BCUT2D eigenvalue weighted by molar-refractivity contribution is -0.140. The van der Waals surface area contributed by atoms with Gasteiger partial charge in [0.05, 0.1) is 5.41 Å². The molecule has 5 rings (SSSR count). The minimum Gasteiger partial charge on any atom is -0.317 e. The van der Waals surface area contributed by atoms with Crippen molar-refractivity contribution in [3.8, 4) is 0 Å². The smallest absolute Gasteiger partial charge is 0.168 e. The van der Waals surface area contributed by atoms with E-state index in [1.54, 1.807) is 0 Å². The van der Waals surface area contributed by atoms with E-state index in [1.165, 1.54) is 0 Å². The van der Waals surface area contributed by atoms with Crippen LogP contribution < -0.4 is 5.73 Å². The summed E-state index contributed by atoms with van der Waals surface area (Å²) in [6.07, 6.45) is 0. The Balaban J connectivity index is 1.87. The number of nitrogens with zero attached hydrogens (tertiary/aromatic N) is 2. The molecule has 0 radical (unpaired) electrons. The Morgan fingerprint density at radius 3 is 2.10 bits per heavy atom. The summed E-state index contributed by atoms with van der Waals surface area (Å²) in [7, 11) is 0. The van der Waals surface area contributed by atoms with E-state index in [9.17, 15) is 4.79 Å². The van der Waals surface area contributed by atoms with Gasteiger partial charge in [-0.3, -0.25) is 14.6 Å². The first-order valence-electron chi connectivity index (χ1n) is 7.06. The minimum absolute atomic E-state index is 0.238. The molecule has 4 nitrogen and oxygen atoms in total. The van der Waals surface area contributed by atoms with E-state index in [0.717, 1.165) is 36.2 Å². The van der Waals surface area contributed by atoms with Crippen LogP contribution in [0.25, 0.3) is 0 Å². The number of carbonyl (C=O) groups is 1. The second-order valence-electron chi connectivity index (χ2n) is 6.50. The van der Waals surface area contributed by atoms with Crippen LogP contribution in [-0.2, 0) is 10.2 Å². The maximum absolute atomic E-state index is 13.1. The van der Waals surface area contributed by atoms with Gasteiger partial charge in [-0.15, -0.1) is 0 Å². The number of halogens is 1. The van der Waals surface area contributed by atoms with Crippen molar-refractivity contribution >= 4 is 21.7 Å². The Morgan fingerprint density at radius 1 is 1.00 bits per heavy atom. The fourth-order valence-corrected chi connectivity index (χ4v) is 4.48. The van der Waals surface area contributed by atoms with Crippen molar-refractivity contribution in [3.05, 3.63) is 34.3 Å². The Hall–Kier alpha value is -0.750. The average molecular weight is 336 g/mol. The maximum Gasteiger partial charge on any atom is 0.168 e. The molecule has 0 aromatic heterocycles. The molecular formula is C15H18BrN3O. The molecule has 4 bridgehead atoms. The van der Waals surface area contributed by atoms with E-state index >= 15 is 0 Å². The highest BCUT2D eigenvalue weighted by Crippen LogP contribution is 2.41. The van der Waals surface area contributed by atoms with Crippen LogP contribution in [-0.4, -0.2) is 60.4 Å². The molecule has 2 N–H and O–H groups in total. The van der Waals surface area contributed by atoms with Gasteiger partial charge in [-0.1, -0.05) is 28.1 Å². The molecule has 20 heavy (non-hydrogen) atoms. The van der Waals surface area contributed by atoms with Gasteiger partial charge in [0.2, 0.25) is 0 Å². The number of ketones is 1. The summed E-state index contributed by atoms with van der Waals surface area (Å²) in [6.45, 7) is 5.07. The van der Waals surface area contributed by atoms with Crippen LogP contribution in [0, 0.1) is 0 Å². The first-order valence-corrected chi connectivity index (χ1v) is 7.86. The molecule has 4 fully saturated rings. The van der Waals surface area contributed by atoms with Gasteiger partial charge < -0.3 is 5.73 Å². The van der Waals surface area contributed by atoms with Gasteiger partial charge in [0, 0.05) is 43.7 Å². The van der Waals surface area contributed by atoms with Crippen LogP contribution in [0.5, 0.6) is 0 Å². The summed E-state index contributed by atoms with van der Waals surface area (Å²) in [5.74, 6) is 0.238. The van der Waals surface area contributed by atoms with Gasteiger partial charge in [-0.2, -0.15) is 0 Å². The lowest BCUT2D eigenvalue weighted by Crippen LogP contribution is -2.76. The van der Waals surface area contributed by atoms with Gasteiger partial charge in [-0.05, 0) is 17.7 Å². The standard InChI is InChI=1S/C15H18BrN3O/c16-12-3-1-11(2-4-12)14-7-18-5-6-19(8-14)10-15(17,9-18)13(14)20/h1-4H,5-10,17H2. The first-order chi connectivity index (χ1) is 9.52. The number of hydrogen-bond donors (Lipinski definition) is 1. The van der Waals surface area contributed by atoms with E-state index in [1.807, 2.05) is 12.1 Å². The fraction of sp³-hybridized carbons (Fsp3) is 0.533. The lowest BCUT2D eigenvalue weighted by atomic mass is 9.64. The molecule has 0 spiro atoms. The monoisotopic (exact) mass is 335 g/mol. The number of nitrogens with two attached hydrogens (primary N) is 1. The van der Waals surface area contributed by atoms with Gasteiger partial charge in [-0.25, -0.2) is 0 Å². The lowest BCUT2D eigenvalue weighted by Gasteiger charge is -2.53. The van der Waals surface area contributed by atoms with Crippen LogP contribution in [0.2, 0.25) is 0 Å². The van der Waals surface area contributed by atoms with Crippen LogP contribution in [0.15, 0.2) is 28.7 Å². The molecule has 4 aliphatic heterocycles. The highest BCUT2D eigenvalue weighted by molar-refractivity contribution is 9.10. The second kappa shape index (κ2) is 4.13. The molecule has 4 aliphatic rings. The SMILES string of the molecule is NC12CN3CCN(C1)CC(c1ccc(Br)cc1)(C3)C2=O. The third kappa shape index (κ3) is 1.67. The van der Waals surface area contributed by atoms with E-state index in [-0.39, 0.29) is 5.78 Å². The number of carbonyl (C=O) groups excluding carboxylic acids is 1. The highest BCUT2D eigenvalue weighted by atomic mass is 79.9. The summed E-state index contributed by atoms with van der Waals surface area (Å²) in [5.41, 5.74) is 6.45. The normalized spacial score (nSPS) is 42.8. The van der Waals surface area contributed by atoms with Crippen LogP contribution in [0.1, 0.15) is 5.56 Å². The zero-order valence-corrected chi connectivity index (χ0v) is 12.9. The highest BCUT2D eigenvalue weighted by Gasteiger charge is 2.60. The third-order valence-electron chi connectivity index (χ3n) is 5.01. The second-order valence-corrected chi connectivity index (χ2v) is 7.41. The molecule has 0 saturated carbocycles. The third-order valence-corrected chi connectivity index (χ3v) is 5.54. The number of hydrogen-bond acceptors (Lipinski definition) is 4. The molecular weight excluding hydrogens is 318 g/mol. The van der Waals surface area contributed by atoms with E-state index in [0.29, 0.717) is 13.1 Å². The van der Waals surface area contributed by atoms with E-state index in [4.69, 9.17) is 5.73 Å². The largest absolute Gasteiger partial charge is 0.317 e. The van der Waals surface area contributed by atoms with Crippen molar-refractivity contribution in [2.45, 2.75) is 11.0 Å². The quantitative estimate of drug-likeness (QED) is 0.816. The summed E-state index contributed by atoms with van der Waals surface area (Å²) in [5, 5.41) is 0. The Morgan fingerprint density at radius 2 is 1.55 bits per heavy atom. The van der Waals surface area contributed by atoms with Crippen LogP contribution in [0.3, 0.4) is 0 Å². The molecule has 106 valence electrons. The molecule has 4 heterocycles. The van der Waals surface area contributed by atoms with Gasteiger partial charge in [0.25, 0.3) is 0 Å². The number of Topliss-reactive ketones (excluding diaryl/α,β-unsaturated/α-hetero) is 1. The number of piperidine rings is 2. The zero-order chi connectivity index (χ0) is 14.0. The van der Waals surface area contributed by atoms with Crippen molar-refractivity contribution in [3.63, 3.8) is 0 Å². The summed E-state index contributed by atoms with van der Waals surface area (Å²) in [4.78, 5) is 17.8. The summed E-state index contributed by atoms with van der Waals surface area (Å²) in [6, 6.07) is 8.18. The predicted molar refractivity (Wildman–Crippen MR) is 80.6 cm³/mol. The maximum atomic E-state index is 13.1. The molecule has 1 aromatic carbocycles. The average Bonchev–Trinajstić information content (AvgIpc) is 2.63. The topological polar surface area (TPSA) is 49.6 Å². The zero-order valence-electron chi connectivity index (χ0n) is 11.3. The Bertz CT molecular complexity index is 555. The summed E-state index contributed by atoms with van der Waals surface area (Å²) < 4.78 is 1.04. The fourth-order valence-electron chi connectivity index (χ4n) is 4.22. The number of benzene rings is 1. The van der Waals surface area contributed by atoms with Gasteiger partial charge in [0.1, 0.15) is 5.54 Å². The summed E-state index contributed by atoms with van der Waals surface area (Å²) >= 11 is 3.47. The predicted octanol–water partition coefficient (Wildman–Crippen LogP) is 0.598. The van der Waals surface area contributed by atoms with E-state index < -0.39 is 11.0 Å². The first kappa shape index (κ1) is 13.0.